The van der Waals surface area contributed by atoms with Gasteiger partial charge in [0.1, 0.15) is 5.82 Å². The Kier molecular flexibility index (Phi) is 7.11. The number of ether oxygens (including phenoxy) is 1. The van der Waals surface area contributed by atoms with E-state index in [2.05, 4.69) is 61.9 Å². The van der Waals surface area contributed by atoms with E-state index in [1.165, 1.54) is 12.1 Å². The molecule has 0 radical (unpaired) electrons. The second-order valence-corrected chi connectivity index (χ2v) is 7.78. The maximum absolute atomic E-state index is 5.29. The van der Waals surface area contributed by atoms with Crippen LogP contribution in [0, 0.1) is 0 Å². The summed E-state index contributed by atoms with van der Waals surface area (Å²) in [6.07, 6.45) is 5.26. The lowest BCUT2D eigenvalue weighted by atomic mass is 10.1. The Morgan fingerprint density at radius 2 is 1.73 bits per heavy atom. The van der Waals surface area contributed by atoms with E-state index < -0.39 is 0 Å². The Hall–Kier alpha value is -2.70. The van der Waals surface area contributed by atoms with E-state index in [0.29, 0.717) is 6.61 Å². The number of para-hydroxylation sites is 1. The number of hydrogen-bond acceptors (Lipinski definition) is 5. The molecule has 0 N–H and O–H groups in total. The summed E-state index contributed by atoms with van der Waals surface area (Å²) >= 11 is 0. The minimum atomic E-state index is 0.549. The molecule has 1 aromatic carbocycles. The predicted molar refractivity (Wildman–Crippen MR) is 120 cm³/mol. The fraction of sp³-hybridized carbons (Fsp3) is 0.417. The smallest absolute Gasteiger partial charge is 0.128 e. The molecule has 0 bridgehead atoms. The number of pyridine rings is 1. The molecule has 1 aliphatic heterocycles. The molecule has 0 saturated carbocycles. The topological polar surface area (TPSA) is 46.4 Å². The van der Waals surface area contributed by atoms with Crippen LogP contribution in [0.5, 0.6) is 0 Å². The van der Waals surface area contributed by atoms with Crippen LogP contribution in [-0.4, -0.2) is 59.5 Å². The molecule has 30 heavy (non-hydrogen) atoms. The van der Waals surface area contributed by atoms with Gasteiger partial charge in [0, 0.05) is 45.2 Å². The molecule has 1 aliphatic rings. The molecule has 0 atom stereocenters. The van der Waals surface area contributed by atoms with Crippen molar-refractivity contribution >= 4 is 5.82 Å². The van der Waals surface area contributed by atoms with E-state index >= 15 is 0 Å². The lowest BCUT2D eigenvalue weighted by Crippen LogP contribution is -2.46. The molecule has 2 aromatic heterocycles. The summed E-state index contributed by atoms with van der Waals surface area (Å²) in [5, 5.41) is 4.75. The van der Waals surface area contributed by atoms with Gasteiger partial charge >= 0.3 is 0 Å². The Balaban J connectivity index is 1.26. The van der Waals surface area contributed by atoms with Crippen LogP contribution < -0.4 is 4.90 Å². The zero-order chi connectivity index (χ0) is 20.6. The number of nitrogens with zero attached hydrogens (tertiary/aromatic N) is 5. The summed E-state index contributed by atoms with van der Waals surface area (Å²) in [7, 11) is 1.72. The summed E-state index contributed by atoms with van der Waals surface area (Å²) in [6.45, 7) is 6.02. The number of benzene rings is 1. The first-order chi connectivity index (χ1) is 14.8. The summed E-state index contributed by atoms with van der Waals surface area (Å²) in [4.78, 5) is 9.43. The Morgan fingerprint density at radius 3 is 2.47 bits per heavy atom. The highest BCUT2D eigenvalue weighted by Gasteiger charge is 2.17. The van der Waals surface area contributed by atoms with Gasteiger partial charge in [-0.15, -0.1) is 0 Å². The Bertz CT molecular complexity index is 888. The predicted octanol–water partition coefficient (Wildman–Crippen LogP) is 3.56. The first-order valence-electron chi connectivity index (χ1n) is 10.8. The normalized spacial score (nSPS) is 14.9. The van der Waals surface area contributed by atoms with E-state index in [0.717, 1.165) is 62.8 Å². The molecule has 3 aromatic rings. The molecule has 1 fully saturated rings. The van der Waals surface area contributed by atoms with Crippen LogP contribution in [0.25, 0.3) is 5.69 Å². The quantitative estimate of drug-likeness (QED) is 0.510. The van der Waals surface area contributed by atoms with Crippen molar-refractivity contribution in [2.24, 2.45) is 0 Å². The van der Waals surface area contributed by atoms with E-state index in [-0.39, 0.29) is 0 Å². The molecule has 0 unspecified atom stereocenters. The van der Waals surface area contributed by atoms with Crippen molar-refractivity contribution in [3.8, 4) is 5.69 Å². The summed E-state index contributed by atoms with van der Waals surface area (Å²) in [6, 6.07) is 18.7. The van der Waals surface area contributed by atoms with Crippen molar-refractivity contribution in [1.82, 2.24) is 19.7 Å². The van der Waals surface area contributed by atoms with Gasteiger partial charge in [0.05, 0.1) is 18.0 Å². The van der Waals surface area contributed by atoms with Gasteiger partial charge in [0.25, 0.3) is 0 Å². The summed E-state index contributed by atoms with van der Waals surface area (Å²) in [5.41, 5.74) is 3.36. The number of rotatable bonds is 9. The van der Waals surface area contributed by atoms with E-state index in [4.69, 9.17) is 9.84 Å². The lowest BCUT2D eigenvalue weighted by molar-refractivity contribution is 0.181. The average Bonchev–Trinajstić information content (AvgIpc) is 3.21. The van der Waals surface area contributed by atoms with Crippen LogP contribution >= 0.6 is 0 Å². The molecule has 0 amide bonds. The fourth-order valence-electron chi connectivity index (χ4n) is 4.05. The van der Waals surface area contributed by atoms with Crippen molar-refractivity contribution in [3.05, 3.63) is 72.2 Å². The molecule has 0 spiro atoms. The maximum atomic E-state index is 5.29. The Morgan fingerprint density at radius 1 is 0.933 bits per heavy atom. The number of methoxy groups -OCH3 is 1. The SMILES string of the molecule is COCc1cc(CCCCN2CCN(c3ccccn3)CC2)n(-c2ccccc2)n1. The second-order valence-electron chi connectivity index (χ2n) is 7.78. The standard InChI is InChI=1S/C24H31N5O/c1-30-20-21-19-23(29(26-21)22-9-3-2-4-10-22)11-6-8-14-27-15-17-28(18-16-27)24-12-5-7-13-25-24/h2-5,7,9-10,12-13,19H,6,8,11,14-18,20H2,1H3. The van der Waals surface area contributed by atoms with E-state index in [1.807, 2.05) is 18.3 Å². The largest absolute Gasteiger partial charge is 0.378 e. The van der Waals surface area contributed by atoms with Gasteiger partial charge in [0.15, 0.2) is 0 Å². The zero-order valence-corrected chi connectivity index (χ0v) is 17.8. The van der Waals surface area contributed by atoms with Gasteiger partial charge in [0.2, 0.25) is 0 Å². The molecule has 1 saturated heterocycles. The molecule has 6 heteroatoms. The van der Waals surface area contributed by atoms with Crippen LogP contribution in [0.3, 0.4) is 0 Å². The minimum absolute atomic E-state index is 0.549. The van der Waals surface area contributed by atoms with Crippen molar-refractivity contribution in [2.45, 2.75) is 25.9 Å². The Labute approximate surface area is 179 Å². The monoisotopic (exact) mass is 405 g/mol. The number of anilines is 1. The van der Waals surface area contributed by atoms with Crippen LogP contribution in [0.2, 0.25) is 0 Å². The van der Waals surface area contributed by atoms with Gasteiger partial charge in [-0.05, 0) is 56.1 Å². The molecule has 0 aliphatic carbocycles. The summed E-state index contributed by atoms with van der Waals surface area (Å²) in [5.74, 6) is 1.10. The minimum Gasteiger partial charge on any atom is -0.378 e. The van der Waals surface area contributed by atoms with Gasteiger partial charge in [-0.1, -0.05) is 24.3 Å². The highest BCUT2D eigenvalue weighted by atomic mass is 16.5. The number of hydrogen-bond donors (Lipinski definition) is 0. The maximum Gasteiger partial charge on any atom is 0.128 e. The molecule has 6 nitrogen and oxygen atoms in total. The van der Waals surface area contributed by atoms with Crippen molar-refractivity contribution in [3.63, 3.8) is 0 Å². The van der Waals surface area contributed by atoms with Crippen LogP contribution in [0.15, 0.2) is 60.8 Å². The number of aromatic nitrogens is 3. The average molecular weight is 406 g/mol. The fourth-order valence-corrected chi connectivity index (χ4v) is 4.05. The molecule has 4 rings (SSSR count). The third-order valence-electron chi connectivity index (χ3n) is 5.63. The highest BCUT2D eigenvalue weighted by molar-refractivity contribution is 5.38. The van der Waals surface area contributed by atoms with Crippen molar-refractivity contribution in [2.75, 3.05) is 44.7 Å². The second kappa shape index (κ2) is 10.4. The molecule has 3 heterocycles. The van der Waals surface area contributed by atoms with E-state index in [9.17, 15) is 0 Å². The van der Waals surface area contributed by atoms with Crippen LogP contribution in [0.4, 0.5) is 5.82 Å². The van der Waals surface area contributed by atoms with Crippen LogP contribution in [-0.2, 0) is 17.8 Å². The first-order valence-corrected chi connectivity index (χ1v) is 10.8. The van der Waals surface area contributed by atoms with E-state index in [1.54, 1.807) is 7.11 Å². The molecule has 158 valence electrons. The molecular weight excluding hydrogens is 374 g/mol. The zero-order valence-electron chi connectivity index (χ0n) is 17.8. The van der Waals surface area contributed by atoms with Gasteiger partial charge in [-0.25, -0.2) is 9.67 Å². The lowest BCUT2D eigenvalue weighted by Gasteiger charge is -2.35. The van der Waals surface area contributed by atoms with Crippen molar-refractivity contribution < 1.29 is 4.74 Å². The number of piperazine rings is 1. The van der Waals surface area contributed by atoms with Gasteiger partial charge in [-0.2, -0.15) is 5.10 Å². The van der Waals surface area contributed by atoms with Crippen LogP contribution in [0.1, 0.15) is 24.2 Å². The third-order valence-corrected chi connectivity index (χ3v) is 5.63. The summed E-state index contributed by atoms with van der Waals surface area (Å²) < 4.78 is 7.36. The van der Waals surface area contributed by atoms with Gasteiger partial charge in [-0.3, -0.25) is 4.90 Å². The third kappa shape index (κ3) is 5.26. The highest BCUT2D eigenvalue weighted by Crippen LogP contribution is 2.17. The van der Waals surface area contributed by atoms with Crippen molar-refractivity contribution in [1.29, 1.82) is 0 Å². The molecular formula is C24H31N5O. The van der Waals surface area contributed by atoms with Gasteiger partial charge < -0.3 is 9.64 Å². The first kappa shape index (κ1) is 20.6. The number of unbranched alkanes of at least 4 members (excludes halogenated alkanes) is 1. The number of aryl methyl sites for hydroxylation is 1.